The zero-order valence-corrected chi connectivity index (χ0v) is 14.7. The van der Waals surface area contributed by atoms with Crippen molar-refractivity contribution in [3.05, 3.63) is 68.5 Å². The molecule has 2 aromatic rings. The van der Waals surface area contributed by atoms with Crippen LogP contribution in [0.3, 0.4) is 0 Å². The molecule has 2 rings (SSSR count). The van der Waals surface area contributed by atoms with Crippen molar-refractivity contribution < 1.29 is 14.5 Å². The highest BCUT2D eigenvalue weighted by atomic mass is 35.5. The molecule has 1 heterocycles. The molecule has 0 saturated carbocycles. The molecule has 1 aromatic carbocycles. The second kappa shape index (κ2) is 8.91. The standard InChI is InChI=1S/C17H17ClN4O4/c1-11-3-4-13(10-21-11)17(24)20-8-2-7-19-16(23)12-5-6-14(18)15(9-12)22(25)26/h3-6,9-10H,2,7-8H2,1H3,(H,19,23)(H,20,24). The fraction of sp³-hybridized carbons (Fsp3) is 0.235. The Morgan fingerprint density at radius 1 is 1.12 bits per heavy atom. The van der Waals surface area contributed by atoms with Gasteiger partial charge in [0.25, 0.3) is 17.5 Å². The van der Waals surface area contributed by atoms with Gasteiger partial charge >= 0.3 is 0 Å². The number of nitro benzene ring substituents is 1. The minimum atomic E-state index is -0.644. The molecule has 0 unspecified atom stereocenters. The Bertz CT molecular complexity index is 824. The summed E-state index contributed by atoms with van der Waals surface area (Å²) < 4.78 is 0. The van der Waals surface area contributed by atoms with Crippen molar-refractivity contribution in [2.75, 3.05) is 13.1 Å². The van der Waals surface area contributed by atoms with E-state index in [0.717, 1.165) is 11.8 Å². The van der Waals surface area contributed by atoms with E-state index in [1.165, 1.54) is 18.3 Å². The minimum absolute atomic E-state index is 0.0279. The zero-order valence-electron chi connectivity index (χ0n) is 14.0. The lowest BCUT2D eigenvalue weighted by atomic mass is 10.2. The number of nitro groups is 1. The number of hydrogen-bond donors (Lipinski definition) is 2. The van der Waals surface area contributed by atoms with Gasteiger partial charge in [0.1, 0.15) is 5.02 Å². The molecule has 0 aliphatic carbocycles. The monoisotopic (exact) mass is 376 g/mol. The topological polar surface area (TPSA) is 114 Å². The summed E-state index contributed by atoms with van der Waals surface area (Å²) in [6.45, 7) is 2.51. The predicted molar refractivity (Wildman–Crippen MR) is 96.4 cm³/mol. The van der Waals surface area contributed by atoms with Crippen LogP contribution in [0.5, 0.6) is 0 Å². The Morgan fingerprint density at radius 3 is 2.31 bits per heavy atom. The van der Waals surface area contributed by atoms with Crippen molar-refractivity contribution in [1.29, 1.82) is 0 Å². The van der Waals surface area contributed by atoms with E-state index in [2.05, 4.69) is 15.6 Å². The number of nitrogens with one attached hydrogen (secondary N) is 2. The molecule has 9 heteroatoms. The molecular weight excluding hydrogens is 360 g/mol. The molecule has 0 aliphatic heterocycles. The van der Waals surface area contributed by atoms with Crippen molar-refractivity contribution in [2.45, 2.75) is 13.3 Å². The summed E-state index contributed by atoms with van der Waals surface area (Å²) >= 11 is 5.71. The molecule has 0 fully saturated rings. The molecule has 0 spiro atoms. The SMILES string of the molecule is Cc1ccc(C(=O)NCCCNC(=O)c2ccc(Cl)c([N+](=O)[O-])c2)cn1. The first kappa shape index (κ1) is 19.3. The normalized spacial score (nSPS) is 10.2. The number of halogens is 1. The number of carbonyl (C=O) groups excluding carboxylic acids is 2. The summed E-state index contributed by atoms with van der Waals surface area (Å²) in [6.07, 6.45) is 2.01. The number of hydrogen-bond acceptors (Lipinski definition) is 5. The smallest absolute Gasteiger partial charge is 0.288 e. The van der Waals surface area contributed by atoms with Crippen molar-refractivity contribution in [2.24, 2.45) is 0 Å². The Balaban J connectivity index is 1.76. The number of benzene rings is 1. The van der Waals surface area contributed by atoms with Gasteiger partial charge in [-0.2, -0.15) is 0 Å². The maximum Gasteiger partial charge on any atom is 0.288 e. The van der Waals surface area contributed by atoms with Crippen molar-refractivity contribution in [3.8, 4) is 0 Å². The van der Waals surface area contributed by atoms with Gasteiger partial charge in [0.15, 0.2) is 0 Å². The summed E-state index contributed by atoms with van der Waals surface area (Å²) in [4.78, 5) is 38.1. The van der Waals surface area contributed by atoms with Crippen LogP contribution in [0.2, 0.25) is 5.02 Å². The molecule has 2 N–H and O–H groups in total. The number of pyridine rings is 1. The molecule has 0 saturated heterocycles. The first-order valence-corrected chi connectivity index (χ1v) is 8.19. The van der Waals surface area contributed by atoms with E-state index in [9.17, 15) is 19.7 Å². The molecular formula is C17H17ClN4O4. The average Bonchev–Trinajstić information content (AvgIpc) is 2.61. The third-order valence-corrected chi connectivity index (χ3v) is 3.82. The molecule has 0 aliphatic rings. The molecule has 2 amide bonds. The third-order valence-electron chi connectivity index (χ3n) is 3.50. The number of carbonyl (C=O) groups is 2. The summed E-state index contributed by atoms with van der Waals surface area (Å²) in [7, 11) is 0. The quantitative estimate of drug-likeness (QED) is 0.437. The summed E-state index contributed by atoms with van der Waals surface area (Å²) in [6, 6.07) is 7.29. The van der Waals surface area contributed by atoms with E-state index in [4.69, 9.17) is 11.6 Å². The second-order valence-corrected chi connectivity index (χ2v) is 5.88. The molecule has 136 valence electrons. The number of amides is 2. The van der Waals surface area contributed by atoms with Crippen LogP contribution >= 0.6 is 11.6 Å². The zero-order chi connectivity index (χ0) is 19.1. The Hall–Kier alpha value is -3.00. The molecule has 26 heavy (non-hydrogen) atoms. The third kappa shape index (κ3) is 5.25. The van der Waals surface area contributed by atoms with E-state index in [0.29, 0.717) is 25.1 Å². The highest BCUT2D eigenvalue weighted by Gasteiger charge is 2.16. The Kier molecular flexibility index (Phi) is 6.62. The highest BCUT2D eigenvalue weighted by molar-refractivity contribution is 6.32. The van der Waals surface area contributed by atoms with E-state index < -0.39 is 10.8 Å². The molecule has 0 bridgehead atoms. The van der Waals surface area contributed by atoms with Crippen molar-refractivity contribution >= 4 is 29.1 Å². The van der Waals surface area contributed by atoms with Crippen LogP contribution in [0.15, 0.2) is 36.5 Å². The first-order valence-electron chi connectivity index (χ1n) is 7.81. The number of aromatic nitrogens is 1. The Morgan fingerprint density at radius 2 is 1.73 bits per heavy atom. The number of aryl methyl sites for hydroxylation is 1. The van der Waals surface area contributed by atoms with Crippen LogP contribution in [0.1, 0.15) is 32.8 Å². The van der Waals surface area contributed by atoms with Gasteiger partial charge in [-0.3, -0.25) is 24.7 Å². The van der Waals surface area contributed by atoms with Crippen molar-refractivity contribution in [3.63, 3.8) is 0 Å². The second-order valence-electron chi connectivity index (χ2n) is 5.48. The summed E-state index contributed by atoms with van der Waals surface area (Å²) in [5.74, 6) is -0.684. The fourth-order valence-corrected chi connectivity index (χ4v) is 2.28. The predicted octanol–water partition coefficient (Wildman–Crippen LogP) is 2.50. The lowest BCUT2D eigenvalue weighted by Gasteiger charge is -2.07. The maximum absolute atomic E-state index is 12.0. The van der Waals surface area contributed by atoms with Crippen LogP contribution in [-0.2, 0) is 0 Å². The van der Waals surface area contributed by atoms with E-state index in [1.54, 1.807) is 12.1 Å². The molecule has 0 atom stereocenters. The largest absolute Gasteiger partial charge is 0.352 e. The summed E-state index contributed by atoms with van der Waals surface area (Å²) in [5.41, 5.74) is 1.12. The van der Waals surface area contributed by atoms with Crippen LogP contribution in [0, 0.1) is 17.0 Å². The van der Waals surface area contributed by atoms with Gasteiger partial charge in [-0.25, -0.2) is 0 Å². The van der Waals surface area contributed by atoms with Crippen LogP contribution in [-0.4, -0.2) is 34.8 Å². The van der Waals surface area contributed by atoms with Gasteiger partial charge in [0, 0.05) is 36.6 Å². The summed E-state index contributed by atoms with van der Waals surface area (Å²) in [5, 5.41) is 16.2. The van der Waals surface area contributed by atoms with Crippen LogP contribution < -0.4 is 10.6 Å². The van der Waals surface area contributed by atoms with E-state index in [-0.39, 0.29) is 22.2 Å². The minimum Gasteiger partial charge on any atom is -0.352 e. The lowest BCUT2D eigenvalue weighted by molar-refractivity contribution is -0.384. The van der Waals surface area contributed by atoms with Gasteiger partial charge in [-0.1, -0.05) is 11.6 Å². The van der Waals surface area contributed by atoms with Gasteiger partial charge in [0.05, 0.1) is 10.5 Å². The lowest BCUT2D eigenvalue weighted by Crippen LogP contribution is -2.30. The van der Waals surface area contributed by atoms with Gasteiger partial charge in [0.2, 0.25) is 0 Å². The molecule has 1 aromatic heterocycles. The average molecular weight is 377 g/mol. The van der Waals surface area contributed by atoms with Crippen LogP contribution in [0.25, 0.3) is 0 Å². The van der Waals surface area contributed by atoms with Gasteiger partial charge < -0.3 is 10.6 Å². The van der Waals surface area contributed by atoms with Gasteiger partial charge in [-0.15, -0.1) is 0 Å². The highest BCUT2D eigenvalue weighted by Crippen LogP contribution is 2.24. The van der Waals surface area contributed by atoms with Crippen LogP contribution in [0.4, 0.5) is 5.69 Å². The molecule has 0 radical (unpaired) electrons. The van der Waals surface area contributed by atoms with E-state index >= 15 is 0 Å². The number of rotatable bonds is 7. The maximum atomic E-state index is 12.0. The van der Waals surface area contributed by atoms with Gasteiger partial charge in [-0.05, 0) is 37.6 Å². The molecule has 8 nitrogen and oxygen atoms in total. The number of nitrogens with zero attached hydrogens (tertiary/aromatic N) is 2. The fourth-order valence-electron chi connectivity index (χ4n) is 2.09. The van der Waals surface area contributed by atoms with Crippen molar-refractivity contribution in [1.82, 2.24) is 15.6 Å². The first-order chi connectivity index (χ1) is 12.4. The Labute approximate surface area is 154 Å². The van der Waals surface area contributed by atoms with E-state index in [1.807, 2.05) is 6.92 Å².